The topological polar surface area (TPSA) is 61.8 Å². The first-order valence-corrected chi connectivity index (χ1v) is 7.46. The van der Waals surface area contributed by atoms with Crippen LogP contribution in [0.25, 0.3) is 0 Å². The van der Waals surface area contributed by atoms with Crippen LogP contribution in [0.3, 0.4) is 0 Å². The molecule has 5 nitrogen and oxygen atoms in total. The lowest BCUT2D eigenvalue weighted by Gasteiger charge is -2.39. The van der Waals surface area contributed by atoms with Crippen molar-refractivity contribution in [2.24, 2.45) is 0 Å². The molecule has 1 aliphatic heterocycles. The molecule has 1 heterocycles. The minimum absolute atomic E-state index is 0.141. The highest BCUT2D eigenvalue weighted by atomic mass is 16.5. The van der Waals surface area contributed by atoms with E-state index in [2.05, 4.69) is 10.2 Å². The van der Waals surface area contributed by atoms with E-state index in [0.29, 0.717) is 19.7 Å². The molecule has 0 bridgehead atoms. The van der Waals surface area contributed by atoms with Gasteiger partial charge in [-0.3, -0.25) is 10.2 Å². The van der Waals surface area contributed by atoms with E-state index in [1.165, 1.54) is 0 Å². The van der Waals surface area contributed by atoms with Gasteiger partial charge in [-0.05, 0) is 19.0 Å². The summed E-state index contributed by atoms with van der Waals surface area (Å²) in [4.78, 5) is 14.2. The standard InChI is InChI=1S/C16H24N2O3/c1-3-17-16(15(19)20,14-7-5-4-6-8-14)12-18-9-10-21-13(2)11-18/h4-8,13,17H,3,9-12H2,1-2H3,(H,19,20). The van der Waals surface area contributed by atoms with E-state index in [1.54, 1.807) is 0 Å². The van der Waals surface area contributed by atoms with Crippen LogP contribution >= 0.6 is 0 Å². The van der Waals surface area contributed by atoms with E-state index < -0.39 is 11.5 Å². The van der Waals surface area contributed by atoms with Gasteiger partial charge < -0.3 is 9.84 Å². The minimum Gasteiger partial charge on any atom is -0.480 e. The number of carboxylic acids is 1. The van der Waals surface area contributed by atoms with Crippen LogP contribution in [-0.4, -0.2) is 54.9 Å². The Morgan fingerprint density at radius 3 is 2.76 bits per heavy atom. The van der Waals surface area contributed by atoms with Gasteiger partial charge in [0.05, 0.1) is 12.7 Å². The van der Waals surface area contributed by atoms with Crippen molar-refractivity contribution < 1.29 is 14.6 Å². The normalized spacial score (nSPS) is 22.7. The van der Waals surface area contributed by atoms with Crippen molar-refractivity contribution in [2.75, 3.05) is 32.8 Å². The Morgan fingerprint density at radius 1 is 1.48 bits per heavy atom. The molecule has 0 radical (unpaired) electrons. The second-order valence-corrected chi connectivity index (χ2v) is 5.52. The number of benzene rings is 1. The monoisotopic (exact) mass is 292 g/mol. The maximum absolute atomic E-state index is 12.0. The van der Waals surface area contributed by atoms with Gasteiger partial charge in [0.25, 0.3) is 0 Å². The second kappa shape index (κ2) is 7.02. The van der Waals surface area contributed by atoms with Crippen molar-refractivity contribution >= 4 is 5.97 Å². The SMILES string of the molecule is CCNC(CN1CCOC(C)C1)(C(=O)O)c1ccccc1. The number of nitrogens with zero attached hydrogens (tertiary/aromatic N) is 1. The number of aliphatic carboxylic acids is 1. The Hall–Kier alpha value is -1.43. The summed E-state index contributed by atoms with van der Waals surface area (Å²) >= 11 is 0. The number of morpholine rings is 1. The van der Waals surface area contributed by atoms with Crippen molar-refractivity contribution in [1.82, 2.24) is 10.2 Å². The molecule has 2 N–H and O–H groups in total. The molecule has 0 aliphatic carbocycles. The molecule has 2 unspecified atom stereocenters. The van der Waals surface area contributed by atoms with Gasteiger partial charge in [-0.2, -0.15) is 0 Å². The average Bonchev–Trinajstić information content (AvgIpc) is 2.47. The summed E-state index contributed by atoms with van der Waals surface area (Å²) in [6.45, 7) is 7.16. The molecule has 1 fully saturated rings. The molecule has 1 saturated heterocycles. The van der Waals surface area contributed by atoms with E-state index in [4.69, 9.17) is 4.74 Å². The maximum atomic E-state index is 12.0. The first kappa shape index (κ1) is 15.9. The molecule has 2 atom stereocenters. The number of rotatable bonds is 6. The first-order chi connectivity index (χ1) is 10.1. The Labute approximate surface area is 125 Å². The second-order valence-electron chi connectivity index (χ2n) is 5.52. The average molecular weight is 292 g/mol. The lowest BCUT2D eigenvalue weighted by molar-refractivity contribution is -0.147. The molecule has 0 aromatic heterocycles. The third-order valence-corrected chi connectivity index (χ3v) is 3.90. The number of likely N-dealkylation sites (N-methyl/N-ethyl adjacent to an activating group) is 1. The maximum Gasteiger partial charge on any atom is 0.329 e. The molecule has 21 heavy (non-hydrogen) atoms. The van der Waals surface area contributed by atoms with Gasteiger partial charge in [-0.1, -0.05) is 37.3 Å². The quantitative estimate of drug-likeness (QED) is 0.827. The molecule has 116 valence electrons. The van der Waals surface area contributed by atoms with Crippen LogP contribution in [0, 0.1) is 0 Å². The lowest BCUT2D eigenvalue weighted by atomic mass is 9.88. The lowest BCUT2D eigenvalue weighted by Crippen LogP contribution is -2.58. The summed E-state index contributed by atoms with van der Waals surface area (Å²) in [7, 11) is 0. The number of carboxylic acid groups (broad SMARTS) is 1. The Kier molecular flexibility index (Phi) is 5.33. The number of ether oxygens (including phenoxy) is 1. The van der Waals surface area contributed by atoms with Gasteiger partial charge in [-0.15, -0.1) is 0 Å². The molecular formula is C16H24N2O3. The predicted octanol–water partition coefficient (Wildman–Crippen LogP) is 1.30. The zero-order valence-corrected chi connectivity index (χ0v) is 12.7. The fourth-order valence-corrected chi connectivity index (χ4v) is 2.91. The minimum atomic E-state index is -1.08. The van der Waals surface area contributed by atoms with E-state index in [0.717, 1.165) is 18.7 Å². The molecule has 1 aromatic carbocycles. The van der Waals surface area contributed by atoms with Crippen molar-refractivity contribution in [3.8, 4) is 0 Å². The number of hydrogen-bond donors (Lipinski definition) is 2. The van der Waals surface area contributed by atoms with Crippen LogP contribution < -0.4 is 5.32 Å². The molecule has 2 rings (SSSR count). The van der Waals surface area contributed by atoms with Gasteiger partial charge in [0.15, 0.2) is 5.54 Å². The Balaban J connectivity index is 2.28. The van der Waals surface area contributed by atoms with Crippen molar-refractivity contribution in [2.45, 2.75) is 25.5 Å². The van der Waals surface area contributed by atoms with E-state index in [9.17, 15) is 9.90 Å². The Morgan fingerprint density at radius 2 is 2.19 bits per heavy atom. The van der Waals surface area contributed by atoms with Crippen molar-refractivity contribution in [3.63, 3.8) is 0 Å². The van der Waals surface area contributed by atoms with Crippen LogP contribution in [0.4, 0.5) is 0 Å². The largest absolute Gasteiger partial charge is 0.480 e. The molecule has 0 saturated carbocycles. The smallest absolute Gasteiger partial charge is 0.329 e. The fourth-order valence-electron chi connectivity index (χ4n) is 2.91. The molecule has 1 aromatic rings. The van der Waals surface area contributed by atoms with E-state index >= 15 is 0 Å². The van der Waals surface area contributed by atoms with Gasteiger partial charge >= 0.3 is 5.97 Å². The predicted molar refractivity (Wildman–Crippen MR) is 81.3 cm³/mol. The molecule has 0 amide bonds. The summed E-state index contributed by atoms with van der Waals surface area (Å²) in [6.07, 6.45) is 0.141. The summed E-state index contributed by atoms with van der Waals surface area (Å²) in [5.74, 6) is -0.838. The third kappa shape index (κ3) is 3.61. The molecular weight excluding hydrogens is 268 g/mol. The van der Waals surface area contributed by atoms with Crippen molar-refractivity contribution in [3.05, 3.63) is 35.9 Å². The van der Waals surface area contributed by atoms with Gasteiger partial charge in [0.2, 0.25) is 0 Å². The first-order valence-electron chi connectivity index (χ1n) is 7.46. The number of nitrogens with one attached hydrogen (secondary N) is 1. The van der Waals surface area contributed by atoms with E-state index in [-0.39, 0.29) is 6.10 Å². The zero-order valence-electron chi connectivity index (χ0n) is 12.7. The Bertz CT molecular complexity index is 466. The van der Waals surface area contributed by atoms with Gasteiger partial charge in [-0.25, -0.2) is 4.79 Å². The zero-order chi connectivity index (χ0) is 15.3. The fraction of sp³-hybridized carbons (Fsp3) is 0.562. The molecule has 1 aliphatic rings. The van der Waals surface area contributed by atoms with Crippen LogP contribution in [0.15, 0.2) is 30.3 Å². The summed E-state index contributed by atoms with van der Waals surface area (Å²) < 4.78 is 5.54. The highest BCUT2D eigenvalue weighted by molar-refractivity contribution is 5.81. The third-order valence-electron chi connectivity index (χ3n) is 3.90. The van der Waals surface area contributed by atoms with Crippen LogP contribution in [-0.2, 0) is 15.1 Å². The van der Waals surface area contributed by atoms with Gasteiger partial charge in [0.1, 0.15) is 0 Å². The summed E-state index contributed by atoms with van der Waals surface area (Å²) in [5.41, 5.74) is -0.286. The number of hydrogen-bond acceptors (Lipinski definition) is 4. The van der Waals surface area contributed by atoms with Crippen molar-refractivity contribution in [1.29, 1.82) is 0 Å². The highest BCUT2D eigenvalue weighted by Gasteiger charge is 2.41. The van der Waals surface area contributed by atoms with Gasteiger partial charge in [0, 0.05) is 19.6 Å². The highest BCUT2D eigenvalue weighted by Crippen LogP contribution is 2.24. The molecule has 5 heteroatoms. The van der Waals surface area contributed by atoms with E-state index in [1.807, 2.05) is 44.2 Å². The molecule has 0 spiro atoms. The van der Waals surface area contributed by atoms with Crippen LogP contribution in [0.2, 0.25) is 0 Å². The van der Waals surface area contributed by atoms with Crippen LogP contribution in [0.1, 0.15) is 19.4 Å². The summed E-state index contributed by atoms with van der Waals surface area (Å²) in [5, 5.41) is 13.1. The van der Waals surface area contributed by atoms with Crippen LogP contribution in [0.5, 0.6) is 0 Å². The summed E-state index contributed by atoms with van der Waals surface area (Å²) in [6, 6.07) is 9.42. The number of carbonyl (C=O) groups is 1.